The van der Waals surface area contributed by atoms with Gasteiger partial charge in [0.2, 0.25) is 0 Å². The Balaban J connectivity index is 2.05. The number of halogens is 1. The highest BCUT2D eigenvalue weighted by Gasteiger charge is 2.38. The summed E-state index contributed by atoms with van der Waals surface area (Å²) in [4.78, 5) is 24.9. The Morgan fingerprint density at radius 3 is 2.61 bits per heavy atom. The smallest absolute Gasteiger partial charge is 0.290 e. The van der Waals surface area contributed by atoms with Crippen LogP contribution in [0.3, 0.4) is 0 Å². The Morgan fingerprint density at radius 1 is 1.33 bits per heavy atom. The van der Waals surface area contributed by atoms with Crippen LogP contribution in [0.2, 0.25) is 0 Å². The van der Waals surface area contributed by atoms with E-state index in [4.69, 9.17) is 0 Å². The van der Waals surface area contributed by atoms with Gasteiger partial charge in [-0.15, -0.1) is 0 Å². The fourth-order valence-electron chi connectivity index (χ4n) is 1.66. The summed E-state index contributed by atoms with van der Waals surface area (Å²) in [6, 6.07) is 7.51. The monoisotopic (exact) mass is 328 g/mol. The van der Waals surface area contributed by atoms with E-state index < -0.39 is 5.37 Å². The van der Waals surface area contributed by atoms with E-state index in [9.17, 15) is 9.59 Å². The third-order valence-corrected chi connectivity index (χ3v) is 4.02. The van der Waals surface area contributed by atoms with Crippen molar-refractivity contribution < 1.29 is 9.59 Å². The molecule has 0 saturated carbocycles. The minimum Gasteiger partial charge on any atom is -0.365 e. The summed E-state index contributed by atoms with van der Waals surface area (Å²) in [5.74, 6) is -0.158. The van der Waals surface area contributed by atoms with Gasteiger partial charge in [0.25, 0.3) is 11.1 Å². The van der Waals surface area contributed by atoms with Crippen molar-refractivity contribution in [2.45, 2.75) is 18.7 Å². The third kappa shape index (κ3) is 2.87. The van der Waals surface area contributed by atoms with Crippen molar-refractivity contribution in [3.05, 3.63) is 28.7 Å². The molecule has 0 radical (unpaired) electrons. The molecule has 1 fully saturated rings. The van der Waals surface area contributed by atoms with Crippen molar-refractivity contribution in [1.82, 2.24) is 4.90 Å². The highest BCUT2D eigenvalue weighted by molar-refractivity contribution is 9.10. The molecule has 6 heteroatoms. The highest BCUT2D eigenvalue weighted by atomic mass is 79.9. The normalized spacial score (nSPS) is 19.4. The van der Waals surface area contributed by atoms with Gasteiger partial charge < -0.3 is 5.32 Å². The van der Waals surface area contributed by atoms with Crippen LogP contribution in [0.1, 0.15) is 13.3 Å². The second-order valence-corrected chi connectivity index (χ2v) is 5.88. The van der Waals surface area contributed by atoms with Crippen molar-refractivity contribution in [3.63, 3.8) is 0 Å². The second kappa shape index (κ2) is 5.75. The molecule has 1 heterocycles. The number of carbonyl (C=O) groups excluding carboxylic acids is 2. The Labute approximate surface area is 118 Å². The second-order valence-electron chi connectivity index (χ2n) is 3.90. The number of imide groups is 1. The highest BCUT2D eigenvalue weighted by Crippen LogP contribution is 2.28. The van der Waals surface area contributed by atoms with E-state index in [0.29, 0.717) is 6.54 Å². The van der Waals surface area contributed by atoms with Crippen LogP contribution in [-0.4, -0.2) is 28.0 Å². The van der Waals surface area contributed by atoms with Crippen LogP contribution in [0.5, 0.6) is 0 Å². The predicted octanol–water partition coefficient (Wildman–Crippen LogP) is 3.29. The van der Waals surface area contributed by atoms with Gasteiger partial charge in [0.15, 0.2) is 5.37 Å². The predicted molar refractivity (Wildman–Crippen MR) is 76.5 cm³/mol. The maximum Gasteiger partial charge on any atom is 0.290 e. The SMILES string of the molecule is CCCN1C(=O)S[C@@H](Nc2ccc(Br)cc2)C1=O. The molecular formula is C12H13BrN2O2S. The fraction of sp³-hybridized carbons (Fsp3) is 0.333. The number of anilines is 1. The standard InChI is InChI=1S/C12H13BrN2O2S/c1-2-7-15-11(16)10(18-12(15)17)14-9-5-3-8(13)4-6-9/h3-6,10,14H,2,7H2,1H3/t10-/m1/s1. The number of carbonyl (C=O) groups is 2. The molecular weight excluding hydrogens is 316 g/mol. The van der Waals surface area contributed by atoms with Crippen molar-refractivity contribution >= 4 is 44.5 Å². The Hall–Kier alpha value is -1.01. The lowest BCUT2D eigenvalue weighted by Gasteiger charge is -2.13. The van der Waals surface area contributed by atoms with Crippen LogP contribution in [-0.2, 0) is 4.79 Å². The van der Waals surface area contributed by atoms with Crippen LogP contribution < -0.4 is 5.32 Å². The zero-order chi connectivity index (χ0) is 13.1. The molecule has 96 valence electrons. The fourth-order valence-corrected chi connectivity index (χ4v) is 2.86. The van der Waals surface area contributed by atoms with Crippen molar-refractivity contribution in [2.24, 2.45) is 0 Å². The zero-order valence-electron chi connectivity index (χ0n) is 9.85. The summed E-state index contributed by atoms with van der Waals surface area (Å²) in [5, 5.41) is 2.39. The lowest BCUT2D eigenvalue weighted by atomic mass is 10.3. The van der Waals surface area contributed by atoms with Crippen LogP contribution in [0, 0.1) is 0 Å². The van der Waals surface area contributed by atoms with Crippen LogP contribution in [0.25, 0.3) is 0 Å². The van der Waals surface area contributed by atoms with E-state index in [0.717, 1.165) is 28.3 Å². The van der Waals surface area contributed by atoms with E-state index in [-0.39, 0.29) is 11.1 Å². The average molecular weight is 329 g/mol. The molecule has 2 amide bonds. The molecule has 1 aromatic carbocycles. The van der Waals surface area contributed by atoms with Crippen LogP contribution >= 0.6 is 27.7 Å². The molecule has 1 aliphatic rings. The largest absolute Gasteiger partial charge is 0.365 e. The van der Waals surface area contributed by atoms with E-state index in [1.54, 1.807) is 0 Å². The lowest BCUT2D eigenvalue weighted by Crippen LogP contribution is -2.34. The topological polar surface area (TPSA) is 49.4 Å². The van der Waals surface area contributed by atoms with Gasteiger partial charge >= 0.3 is 0 Å². The summed E-state index contributed by atoms with van der Waals surface area (Å²) in [6.45, 7) is 2.43. The first-order chi connectivity index (χ1) is 8.61. The van der Waals surface area contributed by atoms with Gasteiger partial charge in [0.1, 0.15) is 0 Å². The van der Waals surface area contributed by atoms with Crippen molar-refractivity contribution in [2.75, 3.05) is 11.9 Å². The van der Waals surface area contributed by atoms with Gasteiger partial charge in [-0.3, -0.25) is 14.5 Å². The van der Waals surface area contributed by atoms with Gasteiger partial charge in [-0.1, -0.05) is 22.9 Å². The molecule has 0 spiro atoms. The number of rotatable bonds is 4. The molecule has 1 saturated heterocycles. The molecule has 1 aromatic rings. The van der Waals surface area contributed by atoms with Gasteiger partial charge in [0, 0.05) is 16.7 Å². The molecule has 0 bridgehead atoms. The first kappa shape index (κ1) is 13.4. The van der Waals surface area contributed by atoms with Gasteiger partial charge in [-0.25, -0.2) is 0 Å². The molecule has 2 rings (SSSR count). The van der Waals surface area contributed by atoms with Crippen LogP contribution in [0.15, 0.2) is 28.7 Å². The number of nitrogens with zero attached hydrogens (tertiary/aromatic N) is 1. The minimum atomic E-state index is -0.509. The van der Waals surface area contributed by atoms with Crippen molar-refractivity contribution in [3.8, 4) is 0 Å². The van der Waals surface area contributed by atoms with E-state index in [1.807, 2.05) is 31.2 Å². The number of hydrogen-bond acceptors (Lipinski definition) is 4. The summed E-state index contributed by atoms with van der Waals surface area (Å²) < 4.78 is 0.974. The lowest BCUT2D eigenvalue weighted by molar-refractivity contribution is -0.126. The molecule has 18 heavy (non-hydrogen) atoms. The summed E-state index contributed by atoms with van der Waals surface area (Å²) in [7, 11) is 0. The molecule has 1 atom stereocenters. The number of hydrogen-bond donors (Lipinski definition) is 1. The first-order valence-corrected chi connectivity index (χ1v) is 7.33. The quantitative estimate of drug-likeness (QED) is 0.921. The Morgan fingerprint density at radius 2 is 2.00 bits per heavy atom. The van der Waals surface area contributed by atoms with Gasteiger partial charge in [-0.05, 0) is 42.4 Å². The van der Waals surface area contributed by atoms with Crippen LogP contribution in [0.4, 0.5) is 10.5 Å². The van der Waals surface area contributed by atoms with Gasteiger partial charge in [-0.2, -0.15) is 0 Å². The maximum absolute atomic E-state index is 12.0. The number of nitrogens with one attached hydrogen (secondary N) is 1. The maximum atomic E-state index is 12.0. The molecule has 1 N–H and O–H groups in total. The third-order valence-electron chi connectivity index (χ3n) is 2.52. The average Bonchev–Trinajstić information content (AvgIpc) is 2.60. The molecule has 1 aliphatic heterocycles. The molecule has 0 aliphatic carbocycles. The Bertz CT molecular complexity index is 464. The van der Waals surface area contributed by atoms with Crippen molar-refractivity contribution in [1.29, 1.82) is 0 Å². The number of thioether (sulfide) groups is 1. The summed E-state index contributed by atoms with van der Waals surface area (Å²) >= 11 is 4.38. The molecule has 0 unspecified atom stereocenters. The van der Waals surface area contributed by atoms with E-state index in [1.165, 1.54) is 4.90 Å². The number of amides is 2. The van der Waals surface area contributed by atoms with E-state index >= 15 is 0 Å². The first-order valence-electron chi connectivity index (χ1n) is 5.66. The van der Waals surface area contributed by atoms with Gasteiger partial charge in [0.05, 0.1) is 0 Å². The summed E-state index contributed by atoms with van der Waals surface area (Å²) in [5.41, 5.74) is 0.829. The molecule has 4 nitrogen and oxygen atoms in total. The number of benzene rings is 1. The zero-order valence-corrected chi connectivity index (χ0v) is 12.3. The Kier molecular flexibility index (Phi) is 4.29. The summed E-state index contributed by atoms with van der Waals surface area (Å²) in [6.07, 6.45) is 0.781. The molecule has 0 aromatic heterocycles. The minimum absolute atomic E-state index is 0.158. The van der Waals surface area contributed by atoms with E-state index in [2.05, 4.69) is 21.2 Å².